The van der Waals surface area contributed by atoms with E-state index in [9.17, 15) is 0 Å². The summed E-state index contributed by atoms with van der Waals surface area (Å²) in [5.74, 6) is 0. The van der Waals surface area contributed by atoms with Gasteiger partial charge in [0.05, 0.1) is 10.7 Å². The van der Waals surface area contributed by atoms with Gasteiger partial charge in [0, 0.05) is 28.3 Å². The van der Waals surface area contributed by atoms with Gasteiger partial charge in [0.15, 0.2) is 0 Å². The van der Waals surface area contributed by atoms with E-state index in [0.29, 0.717) is 0 Å². The van der Waals surface area contributed by atoms with Gasteiger partial charge in [-0.05, 0) is 37.9 Å². The molecule has 0 saturated carbocycles. The van der Waals surface area contributed by atoms with Gasteiger partial charge in [-0.1, -0.05) is 31.5 Å². The molecule has 0 atom stereocenters. The first kappa shape index (κ1) is 14.1. The number of fused-ring (bicyclic) bond motifs is 1. The molecule has 20 heavy (non-hydrogen) atoms. The van der Waals surface area contributed by atoms with Crippen LogP contribution in [0.15, 0.2) is 29.2 Å². The van der Waals surface area contributed by atoms with E-state index in [2.05, 4.69) is 56.3 Å². The van der Waals surface area contributed by atoms with Crippen LogP contribution in [0.5, 0.6) is 0 Å². The molecule has 0 spiro atoms. The van der Waals surface area contributed by atoms with Crippen molar-refractivity contribution in [2.75, 3.05) is 6.54 Å². The first-order valence-electron chi connectivity index (χ1n) is 6.90. The van der Waals surface area contributed by atoms with Crippen LogP contribution >= 0.6 is 23.3 Å². The number of hydrogen-bond donors (Lipinski definition) is 0. The molecule has 0 aliphatic carbocycles. The number of benzene rings is 1. The van der Waals surface area contributed by atoms with Crippen LogP contribution in [0, 0.1) is 13.8 Å². The van der Waals surface area contributed by atoms with Crippen LogP contribution < -0.4 is 0 Å². The lowest BCUT2D eigenvalue weighted by Crippen LogP contribution is -2.38. The van der Waals surface area contributed by atoms with Crippen molar-refractivity contribution >= 4 is 23.3 Å². The Balaban J connectivity index is 1.82. The fourth-order valence-electron chi connectivity index (χ4n) is 2.65. The maximum Gasteiger partial charge on any atom is 0.0900 e. The fourth-order valence-corrected chi connectivity index (χ4v) is 5.00. The molecule has 1 aromatic heterocycles. The van der Waals surface area contributed by atoms with Gasteiger partial charge in [-0.25, -0.2) is 9.29 Å². The first-order chi connectivity index (χ1) is 9.44. The molecule has 2 nitrogen and oxygen atoms in total. The number of nitrogens with zero attached hydrogens (tertiary/aromatic N) is 2. The summed E-state index contributed by atoms with van der Waals surface area (Å²) < 4.78 is 2.46. The fraction of sp³-hybridized carbons (Fsp3) is 0.438. The molecule has 0 radical (unpaired) electrons. The van der Waals surface area contributed by atoms with Crippen molar-refractivity contribution < 1.29 is 0 Å². The van der Waals surface area contributed by atoms with E-state index in [-0.39, 0.29) is 5.41 Å². The smallest absolute Gasteiger partial charge is 0.0900 e. The van der Waals surface area contributed by atoms with Crippen LogP contribution in [0.1, 0.15) is 35.0 Å². The molecule has 0 unspecified atom stereocenters. The summed E-state index contributed by atoms with van der Waals surface area (Å²) in [7, 11) is 0. The maximum atomic E-state index is 4.74. The average molecular weight is 304 g/mol. The van der Waals surface area contributed by atoms with Crippen LogP contribution in [-0.4, -0.2) is 15.8 Å². The van der Waals surface area contributed by atoms with Crippen molar-refractivity contribution in [3.05, 3.63) is 45.4 Å². The Labute approximate surface area is 129 Å². The number of hydrogen-bond acceptors (Lipinski definition) is 4. The van der Waals surface area contributed by atoms with Gasteiger partial charge in [0.2, 0.25) is 0 Å². The molecule has 3 rings (SSSR count). The topological polar surface area (TPSA) is 16.1 Å². The van der Waals surface area contributed by atoms with Gasteiger partial charge < -0.3 is 0 Å². The molecule has 0 fully saturated rings. The molecular formula is C16H20N2S2. The van der Waals surface area contributed by atoms with Crippen molar-refractivity contribution in [1.82, 2.24) is 9.29 Å². The van der Waals surface area contributed by atoms with Gasteiger partial charge >= 0.3 is 0 Å². The highest BCUT2D eigenvalue weighted by atomic mass is 32.2. The van der Waals surface area contributed by atoms with Crippen LogP contribution in [0.25, 0.3) is 0 Å². The van der Waals surface area contributed by atoms with E-state index >= 15 is 0 Å². The SMILES string of the molecule is Cc1ccc(SN2Cc3sc(C)nc3C(C)(C)C2)cc1. The summed E-state index contributed by atoms with van der Waals surface area (Å²) in [6, 6.07) is 8.78. The minimum Gasteiger partial charge on any atom is -0.246 e. The second-order valence-corrected chi connectivity index (χ2v) is 8.55. The minimum absolute atomic E-state index is 0.135. The molecule has 106 valence electrons. The summed E-state index contributed by atoms with van der Waals surface area (Å²) in [4.78, 5) is 7.48. The van der Waals surface area contributed by atoms with Crippen LogP contribution in [0.2, 0.25) is 0 Å². The Morgan fingerprint density at radius 1 is 1.20 bits per heavy atom. The van der Waals surface area contributed by atoms with Gasteiger partial charge in [-0.15, -0.1) is 11.3 Å². The Bertz CT molecular complexity index is 614. The lowest BCUT2D eigenvalue weighted by molar-refractivity contribution is 0.322. The third-order valence-electron chi connectivity index (χ3n) is 3.59. The highest BCUT2D eigenvalue weighted by Crippen LogP contribution is 2.39. The van der Waals surface area contributed by atoms with E-state index in [1.165, 1.54) is 26.0 Å². The second kappa shape index (κ2) is 5.17. The summed E-state index contributed by atoms with van der Waals surface area (Å²) in [6.07, 6.45) is 0. The quantitative estimate of drug-likeness (QED) is 0.757. The predicted octanol–water partition coefficient (Wildman–Crippen LogP) is 4.56. The first-order valence-corrected chi connectivity index (χ1v) is 8.49. The van der Waals surface area contributed by atoms with Crippen molar-refractivity contribution in [1.29, 1.82) is 0 Å². The zero-order valence-electron chi connectivity index (χ0n) is 12.4. The van der Waals surface area contributed by atoms with Crippen LogP contribution in [0.4, 0.5) is 0 Å². The third kappa shape index (κ3) is 2.78. The molecule has 4 heteroatoms. The normalized spacial score (nSPS) is 18.0. The lowest BCUT2D eigenvalue weighted by Gasteiger charge is -2.36. The van der Waals surface area contributed by atoms with Crippen molar-refractivity contribution in [3.8, 4) is 0 Å². The zero-order chi connectivity index (χ0) is 14.3. The van der Waals surface area contributed by atoms with E-state index in [0.717, 1.165) is 13.1 Å². The van der Waals surface area contributed by atoms with E-state index in [4.69, 9.17) is 4.98 Å². The summed E-state index contributed by atoms with van der Waals surface area (Å²) in [5.41, 5.74) is 2.75. The third-order valence-corrected chi connectivity index (χ3v) is 5.55. The van der Waals surface area contributed by atoms with Gasteiger partial charge in [-0.2, -0.15) is 0 Å². The molecule has 1 aliphatic rings. The largest absolute Gasteiger partial charge is 0.246 e. The van der Waals surface area contributed by atoms with E-state index < -0.39 is 0 Å². The number of rotatable bonds is 2. The zero-order valence-corrected chi connectivity index (χ0v) is 14.1. The summed E-state index contributed by atoms with van der Waals surface area (Å²) in [6.45, 7) is 10.9. The van der Waals surface area contributed by atoms with Crippen LogP contribution in [0.3, 0.4) is 0 Å². The highest BCUT2D eigenvalue weighted by molar-refractivity contribution is 7.97. The Morgan fingerprint density at radius 3 is 2.60 bits per heavy atom. The molecule has 0 N–H and O–H groups in total. The van der Waals surface area contributed by atoms with Gasteiger partial charge in [0.1, 0.15) is 0 Å². The van der Waals surface area contributed by atoms with Crippen LogP contribution in [-0.2, 0) is 12.0 Å². The summed E-state index contributed by atoms with van der Waals surface area (Å²) >= 11 is 3.70. The van der Waals surface area contributed by atoms with E-state index in [1.54, 1.807) is 0 Å². The number of thiazole rings is 1. The van der Waals surface area contributed by atoms with Crippen molar-refractivity contribution in [2.24, 2.45) is 0 Å². The molecule has 1 aromatic carbocycles. The van der Waals surface area contributed by atoms with E-state index in [1.807, 2.05) is 23.3 Å². The monoisotopic (exact) mass is 304 g/mol. The molecule has 0 saturated heterocycles. The van der Waals surface area contributed by atoms with Crippen molar-refractivity contribution in [3.63, 3.8) is 0 Å². The molecule has 0 amide bonds. The molecule has 0 bridgehead atoms. The molecule has 2 heterocycles. The van der Waals surface area contributed by atoms with Gasteiger partial charge in [-0.3, -0.25) is 0 Å². The molecule has 2 aromatic rings. The molecule has 1 aliphatic heterocycles. The average Bonchev–Trinajstić information content (AvgIpc) is 2.73. The Kier molecular flexibility index (Phi) is 3.65. The second-order valence-electron chi connectivity index (χ2n) is 6.09. The maximum absolute atomic E-state index is 4.74. The lowest BCUT2D eigenvalue weighted by atomic mass is 9.86. The number of aromatic nitrogens is 1. The number of aryl methyl sites for hydroxylation is 2. The predicted molar refractivity (Wildman–Crippen MR) is 87.3 cm³/mol. The highest BCUT2D eigenvalue weighted by Gasteiger charge is 2.35. The Morgan fingerprint density at radius 2 is 1.90 bits per heavy atom. The Hall–Kier alpha value is -0.840. The minimum atomic E-state index is 0.135. The van der Waals surface area contributed by atoms with Gasteiger partial charge in [0.25, 0.3) is 0 Å². The molecular weight excluding hydrogens is 284 g/mol. The van der Waals surface area contributed by atoms with Crippen molar-refractivity contribution in [2.45, 2.75) is 44.6 Å². The summed E-state index contributed by atoms with van der Waals surface area (Å²) in [5, 5.41) is 1.19. The standard InChI is InChI=1S/C16H20N2S2/c1-11-5-7-13(8-6-11)20-18-9-14-15(16(3,4)10-18)17-12(2)19-14/h5-8H,9-10H2,1-4H3.